The number of nitrogens with one attached hydrogen (secondary N) is 1. The first-order valence-electron chi connectivity index (χ1n) is 12.5. The van der Waals surface area contributed by atoms with Crippen molar-refractivity contribution in [2.24, 2.45) is 0 Å². The van der Waals surface area contributed by atoms with Crippen LogP contribution < -0.4 is 5.32 Å². The second-order valence-corrected chi connectivity index (χ2v) is 11.4. The number of carbonyl (C=O) groups excluding carboxylic acids is 1. The number of piperidine rings is 1. The third kappa shape index (κ3) is 5.86. The average molecular weight is 544 g/mol. The van der Waals surface area contributed by atoms with Gasteiger partial charge in [-0.1, -0.05) is 12.1 Å². The molecule has 1 amide bonds. The Balaban J connectivity index is 1.59. The van der Waals surface area contributed by atoms with Crippen molar-refractivity contribution in [3.8, 4) is 0 Å². The number of aromatic nitrogens is 1. The van der Waals surface area contributed by atoms with E-state index >= 15 is 0 Å². The van der Waals surface area contributed by atoms with Crippen molar-refractivity contribution in [2.75, 3.05) is 13.2 Å². The van der Waals surface area contributed by atoms with Crippen LogP contribution in [-0.4, -0.2) is 49.6 Å². The van der Waals surface area contributed by atoms with Crippen molar-refractivity contribution in [3.63, 3.8) is 0 Å². The van der Waals surface area contributed by atoms with Gasteiger partial charge in [-0.05, 0) is 80.8 Å². The van der Waals surface area contributed by atoms with Crippen LogP contribution in [-0.2, 0) is 14.6 Å². The molecule has 3 aromatic rings. The first-order valence-corrected chi connectivity index (χ1v) is 14.0. The number of sulfone groups is 1. The Hall–Kier alpha value is -3.37. The number of nitrogens with zero attached hydrogens (tertiary/aromatic N) is 2. The van der Waals surface area contributed by atoms with Gasteiger partial charge in [0.2, 0.25) is 9.84 Å². The molecule has 202 valence electrons. The molecular weight excluding hydrogens is 512 g/mol. The van der Waals surface area contributed by atoms with Crippen LogP contribution in [0.15, 0.2) is 76.8 Å². The maximum absolute atomic E-state index is 13.7. The molecule has 1 aliphatic heterocycles. The fraction of sp³-hybridized carbons (Fsp3) is 0.357. The second-order valence-electron chi connectivity index (χ2n) is 9.45. The summed E-state index contributed by atoms with van der Waals surface area (Å²) in [7, 11) is -4.02. The first-order chi connectivity index (χ1) is 18.1. The molecule has 0 saturated carbocycles. The largest absolute Gasteiger partial charge is 0.450 e. The van der Waals surface area contributed by atoms with Crippen molar-refractivity contribution < 1.29 is 26.7 Å². The topological polar surface area (TPSA) is 88.6 Å². The Kier molecular flexibility index (Phi) is 8.42. The molecule has 1 aromatic heterocycles. The summed E-state index contributed by atoms with van der Waals surface area (Å²) in [5.41, 5.74) is 2.00. The van der Waals surface area contributed by atoms with Crippen LogP contribution in [0.3, 0.4) is 0 Å². The Morgan fingerprint density at radius 3 is 2.37 bits per heavy atom. The molecule has 4 atom stereocenters. The standard InChI is InChI=1S/C28H31F2N3O4S/c1-4-37-28(34)32-22-15-25(21-11-13-31-14-12-21)19(3)33(17-22)18(2)20-5-7-23(8-6-20)38(35,36)24-9-10-26(29)27(30)16-24/h5-14,16,18-19,22,25H,4,15,17H2,1-3H3,(H,32,34). The number of pyridine rings is 1. The normalized spacial score (nSPS) is 21.0. The molecule has 1 saturated heterocycles. The minimum atomic E-state index is -4.02. The summed E-state index contributed by atoms with van der Waals surface area (Å²) >= 11 is 0. The van der Waals surface area contributed by atoms with Crippen LogP contribution in [0, 0.1) is 11.6 Å². The van der Waals surface area contributed by atoms with Gasteiger partial charge in [0.15, 0.2) is 11.6 Å². The number of rotatable bonds is 7. The molecular formula is C28H31F2N3O4S. The molecule has 1 aliphatic rings. The molecule has 4 rings (SSSR count). The van der Waals surface area contributed by atoms with E-state index in [1.807, 2.05) is 19.1 Å². The van der Waals surface area contributed by atoms with Crippen LogP contribution in [0.1, 0.15) is 50.3 Å². The van der Waals surface area contributed by atoms with Gasteiger partial charge >= 0.3 is 6.09 Å². The van der Waals surface area contributed by atoms with E-state index in [1.165, 1.54) is 12.1 Å². The smallest absolute Gasteiger partial charge is 0.407 e. The zero-order valence-corrected chi connectivity index (χ0v) is 22.3. The van der Waals surface area contributed by atoms with Gasteiger partial charge in [0, 0.05) is 43.0 Å². The molecule has 2 heterocycles. The fourth-order valence-corrected chi connectivity index (χ4v) is 6.38. The van der Waals surface area contributed by atoms with E-state index in [-0.39, 0.29) is 40.4 Å². The van der Waals surface area contributed by atoms with Crippen molar-refractivity contribution in [3.05, 3.63) is 89.8 Å². The van der Waals surface area contributed by atoms with E-state index in [1.54, 1.807) is 31.5 Å². The van der Waals surface area contributed by atoms with Gasteiger partial charge in [-0.2, -0.15) is 0 Å². The zero-order chi connectivity index (χ0) is 27.4. The summed E-state index contributed by atoms with van der Waals surface area (Å²) < 4.78 is 58.0. The lowest BCUT2D eigenvalue weighted by atomic mass is 9.81. The molecule has 4 unspecified atom stereocenters. The van der Waals surface area contributed by atoms with E-state index in [0.717, 1.165) is 29.7 Å². The number of hydrogen-bond donors (Lipinski definition) is 1. The molecule has 0 bridgehead atoms. The summed E-state index contributed by atoms with van der Waals surface area (Å²) in [5.74, 6) is -2.20. The molecule has 7 nitrogen and oxygen atoms in total. The summed E-state index contributed by atoms with van der Waals surface area (Å²) in [4.78, 5) is 18.3. The fourth-order valence-electron chi connectivity index (χ4n) is 5.11. The van der Waals surface area contributed by atoms with E-state index in [9.17, 15) is 22.0 Å². The third-order valence-corrected chi connectivity index (χ3v) is 8.95. The second kappa shape index (κ2) is 11.6. The lowest BCUT2D eigenvalue weighted by Crippen LogP contribution is -2.54. The van der Waals surface area contributed by atoms with Gasteiger partial charge in [0.25, 0.3) is 0 Å². The highest BCUT2D eigenvalue weighted by molar-refractivity contribution is 7.91. The van der Waals surface area contributed by atoms with Gasteiger partial charge in [0.05, 0.1) is 16.4 Å². The summed E-state index contributed by atoms with van der Waals surface area (Å²) in [6.45, 7) is 6.79. The minimum Gasteiger partial charge on any atom is -0.450 e. The number of benzene rings is 2. The number of hydrogen-bond acceptors (Lipinski definition) is 6. The van der Waals surface area contributed by atoms with Crippen molar-refractivity contribution in [2.45, 2.75) is 61.0 Å². The maximum atomic E-state index is 13.7. The van der Waals surface area contributed by atoms with Crippen LogP contribution in [0.25, 0.3) is 0 Å². The van der Waals surface area contributed by atoms with E-state index < -0.39 is 27.6 Å². The number of likely N-dealkylation sites (tertiary alicyclic amines) is 1. The molecule has 10 heteroatoms. The van der Waals surface area contributed by atoms with Gasteiger partial charge in [-0.15, -0.1) is 0 Å². The van der Waals surface area contributed by atoms with Crippen molar-refractivity contribution >= 4 is 15.9 Å². The first kappa shape index (κ1) is 27.7. The van der Waals surface area contributed by atoms with Crippen molar-refractivity contribution in [1.29, 1.82) is 0 Å². The number of ether oxygens (including phenoxy) is 1. The number of carbonyl (C=O) groups is 1. The molecule has 2 aromatic carbocycles. The van der Waals surface area contributed by atoms with Crippen LogP contribution in [0.2, 0.25) is 0 Å². The Morgan fingerprint density at radius 1 is 1.08 bits per heavy atom. The predicted octanol–water partition coefficient (Wildman–Crippen LogP) is 5.25. The zero-order valence-electron chi connectivity index (χ0n) is 21.5. The van der Waals surface area contributed by atoms with Crippen molar-refractivity contribution in [1.82, 2.24) is 15.2 Å². The van der Waals surface area contributed by atoms with Gasteiger partial charge in [-0.25, -0.2) is 22.0 Å². The predicted molar refractivity (Wildman–Crippen MR) is 138 cm³/mol. The number of alkyl carbamates (subject to hydrolysis) is 1. The highest BCUT2D eigenvalue weighted by atomic mass is 32.2. The maximum Gasteiger partial charge on any atom is 0.407 e. The van der Waals surface area contributed by atoms with E-state index in [2.05, 4.69) is 22.1 Å². The van der Waals surface area contributed by atoms with Crippen LogP contribution >= 0.6 is 0 Å². The monoisotopic (exact) mass is 543 g/mol. The van der Waals surface area contributed by atoms with Gasteiger partial charge < -0.3 is 10.1 Å². The van der Waals surface area contributed by atoms with E-state index in [4.69, 9.17) is 4.74 Å². The molecule has 1 N–H and O–H groups in total. The molecule has 0 aliphatic carbocycles. The Morgan fingerprint density at radius 2 is 1.74 bits per heavy atom. The Labute approximate surface area is 221 Å². The number of halogens is 2. The van der Waals surface area contributed by atoms with Crippen LogP contribution in [0.5, 0.6) is 0 Å². The molecule has 38 heavy (non-hydrogen) atoms. The Bertz CT molecular complexity index is 1370. The van der Waals surface area contributed by atoms with Gasteiger partial charge in [-0.3, -0.25) is 9.88 Å². The van der Waals surface area contributed by atoms with Crippen LogP contribution in [0.4, 0.5) is 13.6 Å². The molecule has 0 spiro atoms. The summed E-state index contributed by atoms with van der Waals surface area (Å²) in [5, 5.41) is 2.98. The lowest BCUT2D eigenvalue weighted by molar-refractivity contribution is 0.0697. The van der Waals surface area contributed by atoms with Gasteiger partial charge in [0.1, 0.15) is 0 Å². The molecule has 1 fully saturated rings. The summed E-state index contributed by atoms with van der Waals surface area (Å²) in [6.07, 6.45) is 3.78. The highest BCUT2D eigenvalue weighted by Crippen LogP contribution is 2.37. The number of amides is 1. The SMILES string of the molecule is CCOC(=O)NC1CC(c2ccncc2)C(C)N(C(C)c2ccc(S(=O)(=O)c3ccc(F)c(F)c3)cc2)C1. The molecule has 0 radical (unpaired) electrons. The highest BCUT2D eigenvalue weighted by Gasteiger charge is 2.37. The van der Waals surface area contributed by atoms with E-state index in [0.29, 0.717) is 12.6 Å². The third-order valence-electron chi connectivity index (χ3n) is 7.18. The summed E-state index contributed by atoms with van der Waals surface area (Å²) in [6, 6.07) is 12.8. The minimum absolute atomic E-state index is 0.0114. The quantitative estimate of drug-likeness (QED) is 0.410. The average Bonchev–Trinajstić information content (AvgIpc) is 2.91. The lowest BCUT2D eigenvalue weighted by Gasteiger charge is -2.46.